The Morgan fingerprint density at radius 2 is 1.81 bits per heavy atom. The number of alkyl halides is 2. The summed E-state index contributed by atoms with van der Waals surface area (Å²) >= 11 is 0. The van der Waals surface area contributed by atoms with Gasteiger partial charge in [-0.1, -0.05) is 30.3 Å². The molecule has 1 amide bonds. The first-order valence-electron chi connectivity index (χ1n) is 7.92. The van der Waals surface area contributed by atoms with Crippen molar-refractivity contribution in [3.63, 3.8) is 0 Å². The quantitative estimate of drug-likeness (QED) is 0.734. The van der Waals surface area contributed by atoms with Crippen LogP contribution in [0.2, 0.25) is 0 Å². The molecule has 1 N–H and O–H groups in total. The van der Waals surface area contributed by atoms with Crippen LogP contribution in [-0.2, 0) is 7.05 Å². The molecule has 2 aromatic carbocycles. The summed E-state index contributed by atoms with van der Waals surface area (Å²) in [7, 11) is 1.85. The molecule has 0 saturated heterocycles. The Hall–Kier alpha value is -3.22. The maximum absolute atomic E-state index is 12.6. The lowest BCUT2D eigenvalue weighted by Gasteiger charge is -2.19. The van der Waals surface area contributed by atoms with Crippen molar-refractivity contribution in [2.24, 2.45) is 7.05 Å². The van der Waals surface area contributed by atoms with Crippen molar-refractivity contribution in [1.29, 1.82) is 0 Å². The van der Waals surface area contributed by atoms with Gasteiger partial charge in [0.05, 0.1) is 0 Å². The van der Waals surface area contributed by atoms with Crippen molar-refractivity contribution in [3.05, 3.63) is 83.9 Å². The minimum Gasteiger partial charge on any atom is -0.435 e. The molecule has 0 aliphatic carbocycles. The van der Waals surface area contributed by atoms with Crippen LogP contribution in [0.5, 0.6) is 5.75 Å². The van der Waals surface area contributed by atoms with Gasteiger partial charge in [0.15, 0.2) is 0 Å². The molecule has 1 aromatic heterocycles. The molecule has 0 radical (unpaired) electrons. The van der Waals surface area contributed by atoms with Crippen molar-refractivity contribution < 1.29 is 18.3 Å². The number of amides is 1. The molecule has 5 nitrogen and oxygen atoms in total. The maximum atomic E-state index is 12.6. The van der Waals surface area contributed by atoms with Crippen LogP contribution in [0.1, 0.15) is 27.8 Å². The lowest BCUT2D eigenvalue weighted by Crippen LogP contribution is -2.31. The second-order valence-electron chi connectivity index (χ2n) is 5.62. The van der Waals surface area contributed by atoms with Crippen molar-refractivity contribution in [2.45, 2.75) is 12.7 Å². The molecule has 1 heterocycles. The Labute approximate surface area is 149 Å². The van der Waals surface area contributed by atoms with Crippen LogP contribution in [-0.4, -0.2) is 22.1 Å². The monoisotopic (exact) mass is 357 g/mol. The number of aromatic nitrogens is 2. The summed E-state index contributed by atoms with van der Waals surface area (Å²) < 4.78 is 30.6. The molecule has 0 fully saturated rings. The number of halogens is 2. The summed E-state index contributed by atoms with van der Waals surface area (Å²) in [6, 6.07) is 14.6. The average Bonchev–Trinajstić information content (AvgIpc) is 3.06. The molecule has 0 bridgehead atoms. The van der Waals surface area contributed by atoms with Gasteiger partial charge in [0, 0.05) is 25.0 Å². The van der Waals surface area contributed by atoms with Crippen LogP contribution in [0.3, 0.4) is 0 Å². The largest absolute Gasteiger partial charge is 0.435 e. The zero-order valence-corrected chi connectivity index (χ0v) is 14.0. The average molecular weight is 357 g/mol. The fourth-order valence-corrected chi connectivity index (χ4v) is 2.60. The van der Waals surface area contributed by atoms with Crippen molar-refractivity contribution >= 4 is 5.91 Å². The Morgan fingerprint density at radius 3 is 2.38 bits per heavy atom. The fourth-order valence-electron chi connectivity index (χ4n) is 2.60. The number of nitrogens with zero attached hydrogens (tertiary/aromatic N) is 2. The van der Waals surface area contributed by atoms with E-state index in [2.05, 4.69) is 15.0 Å². The van der Waals surface area contributed by atoms with Gasteiger partial charge in [-0.15, -0.1) is 0 Å². The zero-order chi connectivity index (χ0) is 18.5. The van der Waals surface area contributed by atoms with Crippen LogP contribution in [0.4, 0.5) is 8.78 Å². The molecule has 134 valence electrons. The molecular weight excluding hydrogens is 340 g/mol. The smallest absolute Gasteiger partial charge is 0.387 e. The standard InChI is InChI=1S/C19H17F2N3O2/c1-24-12-11-22-17(24)16(13-5-3-2-4-6-13)23-18(25)14-7-9-15(10-8-14)26-19(20)21/h2-12,16,19H,1H3,(H,23,25). The molecule has 26 heavy (non-hydrogen) atoms. The summed E-state index contributed by atoms with van der Waals surface area (Å²) in [5.74, 6) is 0.341. The molecule has 0 spiro atoms. The third-order valence-electron chi connectivity index (χ3n) is 3.87. The summed E-state index contributed by atoms with van der Waals surface area (Å²) in [5.41, 5.74) is 1.22. The maximum Gasteiger partial charge on any atom is 0.387 e. The predicted octanol–water partition coefficient (Wildman–Crippen LogP) is 3.54. The van der Waals surface area contributed by atoms with Gasteiger partial charge < -0.3 is 14.6 Å². The van der Waals surface area contributed by atoms with Crippen molar-refractivity contribution in [2.75, 3.05) is 0 Å². The van der Waals surface area contributed by atoms with E-state index in [4.69, 9.17) is 0 Å². The number of carbonyl (C=O) groups excluding carboxylic acids is 1. The number of aryl methyl sites for hydroxylation is 1. The minimum absolute atomic E-state index is 0.000241. The van der Waals surface area contributed by atoms with Gasteiger partial charge in [-0.25, -0.2) is 4.98 Å². The van der Waals surface area contributed by atoms with Gasteiger partial charge in [-0.2, -0.15) is 8.78 Å². The van der Waals surface area contributed by atoms with Gasteiger partial charge >= 0.3 is 6.61 Å². The van der Waals surface area contributed by atoms with E-state index < -0.39 is 12.7 Å². The van der Waals surface area contributed by atoms with E-state index >= 15 is 0 Å². The number of hydrogen-bond donors (Lipinski definition) is 1. The number of carbonyl (C=O) groups is 1. The Morgan fingerprint density at radius 1 is 1.12 bits per heavy atom. The van der Waals surface area contributed by atoms with E-state index in [1.165, 1.54) is 24.3 Å². The highest BCUT2D eigenvalue weighted by Gasteiger charge is 2.21. The number of hydrogen-bond acceptors (Lipinski definition) is 3. The highest BCUT2D eigenvalue weighted by atomic mass is 19.3. The highest BCUT2D eigenvalue weighted by Crippen LogP contribution is 2.21. The SMILES string of the molecule is Cn1ccnc1C(NC(=O)c1ccc(OC(F)F)cc1)c1ccccc1. The summed E-state index contributed by atoms with van der Waals surface area (Å²) in [5, 5.41) is 2.94. The van der Waals surface area contributed by atoms with E-state index in [1.54, 1.807) is 12.4 Å². The lowest BCUT2D eigenvalue weighted by molar-refractivity contribution is -0.0498. The normalized spacial score (nSPS) is 12.0. The van der Waals surface area contributed by atoms with E-state index in [1.807, 2.05) is 41.9 Å². The minimum atomic E-state index is -2.90. The predicted molar refractivity (Wildman–Crippen MR) is 92.0 cm³/mol. The van der Waals surface area contributed by atoms with E-state index in [0.717, 1.165) is 5.56 Å². The van der Waals surface area contributed by atoms with Gasteiger partial charge in [-0.3, -0.25) is 4.79 Å². The van der Waals surface area contributed by atoms with Crippen LogP contribution in [0, 0.1) is 0 Å². The zero-order valence-electron chi connectivity index (χ0n) is 14.0. The van der Waals surface area contributed by atoms with Crippen LogP contribution in [0.15, 0.2) is 67.0 Å². The third-order valence-corrected chi connectivity index (χ3v) is 3.87. The highest BCUT2D eigenvalue weighted by molar-refractivity contribution is 5.94. The van der Waals surface area contributed by atoms with Crippen molar-refractivity contribution in [1.82, 2.24) is 14.9 Å². The van der Waals surface area contributed by atoms with Crippen LogP contribution >= 0.6 is 0 Å². The summed E-state index contributed by atoms with van der Waals surface area (Å²) in [4.78, 5) is 17.0. The summed E-state index contributed by atoms with van der Waals surface area (Å²) in [6.07, 6.45) is 3.46. The molecule has 1 unspecified atom stereocenters. The third kappa shape index (κ3) is 4.05. The summed E-state index contributed by atoms with van der Waals surface area (Å²) in [6.45, 7) is -2.90. The Bertz CT molecular complexity index is 864. The topological polar surface area (TPSA) is 56.2 Å². The molecule has 0 aliphatic heterocycles. The molecule has 7 heteroatoms. The van der Waals surface area contributed by atoms with E-state index in [0.29, 0.717) is 11.4 Å². The fraction of sp³-hybridized carbons (Fsp3) is 0.158. The molecule has 1 atom stereocenters. The molecule has 3 aromatic rings. The van der Waals surface area contributed by atoms with E-state index in [-0.39, 0.29) is 11.7 Å². The Balaban J connectivity index is 1.83. The molecule has 0 aliphatic rings. The number of benzene rings is 2. The number of ether oxygens (including phenoxy) is 1. The van der Waals surface area contributed by atoms with Crippen LogP contribution in [0.25, 0.3) is 0 Å². The van der Waals surface area contributed by atoms with Gasteiger partial charge in [-0.05, 0) is 29.8 Å². The lowest BCUT2D eigenvalue weighted by atomic mass is 10.1. The molecule has 0 saturated carbocycles. The van der Waals surface area contributed by atoms with Gasteiger partial charge in [0.25, 0.3) is 5.91 Å². The Kier molecular flexibility index (Phi) is 5.26. The first kappa shape index (κ1) is 17.6. The first-order valence-corrected chi connectivity index (χ1v) is 7.92. The number of rotatable bonds is 6. The van der Waals surface area contributed by atoms with Gasteiger partial charge in [0.1, 0.15) is 17.6 Å². The second-order valence-corrected chi connectivity index (χ2v) is 5.62. The number of nitrogens with one attached hydrogen (secondary N) is 1. The van der Waals surface area contributed by atoms with Gasteiger partial charge in [0.2, 0.25) is 0 Å². The molecular formula is C19H17F2N3O2. The molecule has 3 rings (SSSR count). The van der Waals surface area contributed by atoms with Crippen LogP contribution < -0.4 is 10.1 Å². The number of imidazole rings is 1. The van der Waals surface area contributed by atoms with Crippen molar-refractivity contribution in [3.8, 4) is 5.75 Å². The second kappa shape index (κ2) is 7.77. The first-order chi connectivity index (χ1) is 12.5. The van der Waals surface area contributed by atoms with E-state index in [9.17, 15) is 13.6 Å².